The zero-order valence-electron chi connectivity index (χ0n) is 28.6. The van der Waals surface area contributed by atoms with Gasteiger partial charge < -0.3 is 14.9 Å². The molecule has 0 saturated heterocycles. The van der Waals surface area contributed by atoms with Gasteiger partial charge in [-0.2, -0.15) is 10.2 Å². The number of fused-ring (bicyclic) bond motifs is 8. The fourth-order valence-electron chi connectivity index (χ4n) is 6.94. The molecule has 0 atom stereocenters. The van der Waals surface area contributed by atoms with E-state index in [4.69, 9.17) is 20.8 Å². The van der Waals surface area contributed by atoms with Gasteiger partial charge in [-0.05, 0) is 89.3 Å². The standard InChI is InChI=1S/C36H41N11O3/c1-4-46-32-25(23(3)43-46)11-6-5-7-18-47-30(19-22(2)42-47)33(49)40-35-38-27-20-24(21-48)14-15-28(27)44(35)16-8-9-17-45-29-13-10-12-26(37)31(29)39-36(45)41-34(32)50/h10,12-15,19-21H,4-9,11,16-18,37H2,1-3H3,(H,38,40,49)(H,39,41,50). The number of hydrogen-bond donors (Lipinski definition) is 3. The highest BCUT2D eigenvalue weighted by atomic mass is 16.2. The van der Waals surface area contributed by atoms with Gasteiger partial charge in [-0.1, -0.05) is 12.5 Å². The van der Waals surface area contributed by atoms with E-state index in [2.05, 4.69) is 15.7 Å². The molecule has 0 aliphatic carbocycles. The van der Waals surface area contributed by atoms with E-state index in [0.717, 1.165) is 53.5 Å². The lowest BCUT2D eigenvalue weighted by molar-refractivity contribution is 0.100. The first kappa shape index (κ1) is 32.7. The minimum absolute atomic E-state index is 0.256. The number of aldehydes is 1. The molecule has 14 heteroatoms. The molecule has 5 heterocycles. The van der Waals surface area contributed by atoms with E-state index in [9.17, 15) is 14.4 Å². The highest BCUT2D eigenvalue weighted by molar-refractivity contribution is 6.05. The van der Waals surface area contributed by atoms with Gasteiger partial charge in [0.2, 0.25) is 11.9 Å². The zero-order chi connectivity index (χ0) is 34.9. The molecule has 1 aliphatic rings. The molecule has 0 radical (unpaired) electrons. The van der Waals surface area contributed by atoms with Crippen molar-refractivity contribution in [2.45, 2.75) is 85.5 Å². The van der Waals surface area contributed by atoms with Crippen molar-refractivity contribution in [3.63, 3.8) is 0 Å². The minimum atomic E-state index is -0.299. The highest BCUT2D eigenvalue weighted by Crippen LogP contribution is 2.28. The highest BCUT2D eigenvalue weighted by Gasteiger charge is 2.24. The van der Waals surface area contributed by atoms with Gasteiger partial charge in [0, 0.05) is 37.3 Å². The van der Waals surface area contributed by atoms with Gasteiger partial charge in [0.25, 0.3) is 11.8 Å². The molecule has 50 heavy (non-hydrogen) atoms. The van der Waals surface area contributed by atoms with Gasteiger partial charge in [-0.15, -0.1) is 0 Å². The average molecular weight is 676 g/mol. The second-order valence-corrected chi connectivity index (χ2v) is 12.8. The lowest BCUT2D eigenvalue weighted by Crippen LogP contribution is -2.21. The Kier molecular flexibility index (Phi) is 8.91. The van der Waals surface area contributed by atoms with Crippen LogP contribution in [0.3, 0.4) is 0 Å². The Labute approximate surface area is 288 Å². The van der Waals surface area contributed by atoms with E-state index in [0.29, 0.717) is 91.0 Å². The van der Waals surface area contributed by atoms with Gasteiger partial charge in [0.05, 0.1) is 33.6 Å². The average Bonchev–Trinajstić information content (AvgIpc) is 3.84. The van der Waals surface area contributed by atoms with Gasteiger partial charge >= 0.3 is 0 Å². The molecule has 2 amide bonds. The fraction of sp³-hybridized carbons (Fsp3) is 0.361. The lowest BCUT2D eigenvalue weighted by Gasteiger charge is -2.13. The minimum Gasteiger partial charge on any atom is -0.397 e. The molecule has 1 aliphatic heterocycles. The summed E-state index contributed by atoms with van der Waals surface area (Å²) in [6.07, 6.45) is 5.39. The first-order valence-electron chi connectivity index (χ1n) is 17.2. The van der Waals surface area contributed by atoms with Crippen molar-refractivity contribution in [1.82, 2.24) is 38.7 Å². The number of carbonyl (C=O) groups excluding carboxylic acids is 3. The van der Waals surface area contributed by atoms with Crippen LogP contribution in [-0.4, -0.2) is 56.8 Å². The topological polar surface area (TPSA) is 173 Å². The van der Waals surface area contributed by atoms with Crippen LogP contribution in [0.2, 0.25) is 0 Å². The number of amides is 2. The first-order chi connectivity index (χ1) is 24.2. The first-order valence-corrected chi connectivity index (χ1v) is 17.2. The number of nitrogens with zero attached hydrogens (tertiary/aromatic N) is 8. The van der Waals surface area contributed by atoms with E-state index < -0.39 is 0 Å². The zero-order valence-corrected chi connectivity index (χ0v) is 28.6. The number of nitrogens with two attached hydrogens (primary N) is 1. The number of aromatic nitrogens is 8. The summed E-state index contributed by atoms with van der Waals surface area (Å²) in [6.45, 7) is 8.01. The summed E-state index contributed by atoms with van der Waals surface area (Å²) in [6, 6.07) is 12.8. The molecule has 0 spiro atoms. The Morgan fingerprint density at radius 3 is 2.36 bits per heavy atom. The molecule has 0 bridgehead atoms. The molecule has 4 N–H and O–H groups in total. The number of imidazole rings is 2. The van der Waals surface area contributed by atoms with Crippen LogP contribution < -0.4 is 16.4 Å². The van der Waals surface area contributed by atoms with Crippen LogP contribution in [0.1, 0.15) is 87.3 Å². The third kappa shape index (κ3) is 6.12. The monoisotopic (exact) mass is 675 g/mol. The Bertz CT molecular complexity index is 2250. The Hall–Kier alpha value is -5.79. The van der Waals surface area contributed by atoms with Crippen molar-refractivity contribution < 1.29 is 14.4 Å². The fourth-order valence-corrected chi connectivity index (χ4v) is 6.94. The predicted molar refractivity (Wildman–Crippen MR) is 192 cm³/mol. The SMILES string of the molecule is CCn1nc(C)c2c1C(=O)Nc1nc3c(N)cccc3n1CCCCn1c(nc3cc(C=O)ccc31)NC(=O)c1cc(C)nn1CCCCC2. The Morgan fingerprint density at radius 2 is 1.58 bits per heavy atom. The molecule has 258 valence electrons. The quantitative estimate of drug-likeness (QED) is 0.159. The Balaban J connectivity index is 1.27. The van der Waals surface area contributed by atoms with Crippen molar-refractivity contribution in [2.75, 3.05) is 16.4 Å². The molecule has 0 fully saturated rings. The number of carbonyl (C=O) groups is 3. The summed E-state index contributed by atoms with van der Waals surface area (Å²) in [4.78, 5) is 48.9. The maximum Gasteiger partial charge on any atom is 0.276 e. The molecule has 0 unspecified atom stereocenters. The van der Waals surface area contributed by atoms with E-state index in [1.807, 2.05) is 48.1 Å². The maximum atomic E-state index is 14.0. The summed E-state index contributed by atoms with van der Waals surface area (Å²) in [5.74, 6) is 0.270. The van der Waals surface area contributed by atoms with Crippen LogP contribution in [0, 0.1) is 13.8 Å². The molecule has 7 rings (SSSR count). The normalized spacial score (nSPS) is 15.0. The van der Waals surface area contributed by atoms with Gasteiger partial charge in [0.15, 0.2) is 0 Å². The number of anilines is 3. The number of hydrogen-bond acceptors (Lipinski definition) is 8. The molecular formula is C36H41N11O3. The van der Waals surface area contributed by atoms with E-state index in [1.165, 1.54) is 0 Å². The summed E-state index contributed by atoms with van der Waals surface area (Å²) >= 11 is 0. The summed E-state index contributed by atoms with van der Waals surface area (Å²) in [5, 5.41) is 15.5. The number of nitrogens with one attached hydrogen (secondary N) is 2. The van der Waals surface area contributed by atoms with E-state index in [1.54, 1.807) is 33.6 Å². The number of benzene rings is 2. The summed E-state index contributed by atoms with van der Waals surface area (Å²) in [5.41, 5.74) is 13.8. The second-order valence-electron chi connectivity index (χ2n) is 12.8. The smallest absolute Gasteiger partial charge is 0.276 e. The van der Waals surface area contributed by atoms with Crippen LogP contribution in [0.15, 0.2) is 42.5 Å². The predicted octanol–water partition coefficient (Wildman–Crippen LogP) is 5.52. The van der Waals surface area contributed by atoms with Crippen molar-refractivity contribution in [3.8, 4) is 0 Å². The third-order valence-electron chi connectivity index (χ3n) is 9.38. The van der Waals surface area contributed by atoms with Crippen molar-refractivity contribution in [2.24, 2.45) is 0 Å². The largest absolute Gasteiger partial charge is 0.397 e. The van der Waals surface area contributed by atoms with Crippen molar-refractivity contribution in [3.05, 3.63) is 76.4 Å². The molecular weight excluding hydrogens is 634 g/mol. The van der Waals surface area contributed by atoms with E-state index in [-0.39, 0.29) is 11.8 Å². The Morgan fingerprint density at radius 1 is 0.840 bits per heavy atom. The maximum absolute atomic E-state index is 14.0. The molecule has 14 nitrogen and oxygen atoms in total. The molecule has 6 aromatic rings. The number of para-hydroxylation sites is 1. The van der Waals surface area contributed by atoms with Crippen LogP contribution in [0.5, 0.6) is 0 Å². The van der Waals surface area contributed by atoms with Crippen LogP contribution >= 0.6 is 0 Å². The number of rotatable bonds is 2. The third-order valence-corrected chi connectivity index (χ3v) is 9.38. The van der Waals surface area contributed by atoms with Gasteiger partial charge in [-0.25, -0.2) is 9.97 Å². The number of aryl methyl sites for hydroxylation is 6. The second kappa shape index (κ2) is 13.6. The molecule has 4 aromatic heterocycles. The number of nitrogen functional groups attached to an aromatic ring is 1. The summed E-state index contributed by atoms with van der Waals surface area (Å²) < 4.78 is 7.49. The van der Waals surface area contributed by atoms with Crippen molar-refractivity contribution >= 4 is 57.8 Å². The van der Waals surface area contributed by atoms with Crippen LogP contribution in [-0.2, 0) is 32.6 Å². The van der Waals surface area contributed by atoms with Crippen LogP contribution in [0.25, 0.3) is 22.1 Å². The van der Waals surface area contributed by atoms with Gasteiger partial charge in [-0.3, -0.25) is 34.4 Å². The van der Waals surface area contributed by atoms with Crippen LogP contribution in [0.4, 0.5) is 17.6 Å². The van der Waals surface area contributed by atoms with Gasteiger partial charge in [0.1, 0.15) is 23.2 Å². The summed E-state index contributed by atoms with van der Waals surface area (Å²) in [7, 11) is 0. The lowest BCUT2D eigenvalue weighted by atomic mass is 10.0. The van der Waals surface area contributed by atoms with E-state index >= 15 is 0 Å². The molecule has 2 aromatic carbocycles. The van der Waals surface area contributed by atoms with Crippen molar-refractivity contribution in [1.29, 1.82) is 0 Å². The molecule has 0 saturated carbocycles.